The third-order valence-corrected chi connectivity index (χ3v) is 4.10. The molecule has 1 aromatic rings. The number of amides is 1. The van der Waals surface area contributed by atoms with Gasteiger partial charge in [0.05, 0.1) is 0 Å². The Labute approximate surface area is 113 Å². The molecule has 4 heteroatoms. The highest BCUT2D eigenvalue weighted by molar-refractivity contribution is 5.67. The van der Waals surface area contributed by atoms with Crippen molar-refractivity contribution in [2.45, 2.75) is 50.4 Å². The van der Waals surface area contributed by atoms with Crippen LogP contribution < -0.4 is 10.6 Å². The number of nitrogens with one attached hydrogen (secondary N) is 2. The molecule has 19 heavy (non-hydrogen) atoms. The molecule has 1 amide bonds. The molecule has 0 aromatic heterocycles. The van der Waals surface area contributed by atoms with Gasteiger partial charge in [0.2, 0.25) is 0 Å². The molecule has 0 saturated carbocycles. The van der Waals surface area contributed by atoms with Gasteiger partial charge in [0.15, 0.2) is 0 Å². The molecule has 2 N–H and O–H groups in total. The molecule has 2 aliphatic heterocycles. The average molecular weight is 260 g/mol. The predicted molar refractivity (Wildman–Crippen MR) is 72.7 cm³/mol. The summed E-state index contributed by atoms with van der Waals surface area (Å²) in [7, 11) is 0. The van der Waals surface area contributed by atoms with Crippen molar-refractivity contribution in [1.29, 1.82) is 0 Å². The maximum atomic E-state index is 11.8. The van der Waals surface area contributed by atoms with E-state index in [1.54, 1.807) is 0 Å². The Balaban J connectivity index is 1.46. The van der Waals surface area contributed by atoms with E-state index in [4.69, 9.17) is 4.74 Å². The van der Waals surface area contributed by atoms with Crippen LogP contribution in [-0.2, 0) is 11.3 Å². The zero-order valence-corrected chi connectivity index (χ0v) is 11.0. The summed E-state index contributed by atoms with van der Waals surface area (Å²) in [5, 5.41) is 6.54. The van der Waals surface area contributed by atoms with Crippen LogP contribution in [0.1, 0.15) is 31.2 Å². The molecule has 0 aliphatic carbocycles. The van der Waals surface area contributed by atoms with Gasteiger partial charge in [-0.3, -0.25) is 0 Å². The first-order valence-electron chi connectivity index (χ1n) is 7.04. The number of ether oxygens (including phenoxy) is 1. The van der Waals surface area contributed by atoms with E-state index in [0.29, 0.717) is 18.7 Å². The molecule has 3 rings (SSSR count). The minimum absolute atomic E-state index is 0.224. The van der Waals surface area contributed by atoms with Gasteiger partial charge in [-0.2, -0.15) is 0 Å². The minimum atomic E-state index is -0.305. The van der Waals surface area contributed by atoms with E-state index in [-0.39, 0.29) is 12.1 Å². The molecule has 2 aliphatic rings. The number of carbonyl (C=O) groups is 1. The number of carbonyl (C=O) groups excluding carboxylic acids is 1. The molecule has 0 unspecified atom stereocenters. The molecule has 0 radical (unpaired) electrons. The first-order valence-corrected chi connectivity index (χ1v) is 7.04. The third-order valence-electron chi connectivity index (χ3n) is 4.10. The fourth-order valence-electron chi connectivity index (χ4n) is 3.07. The van der Waals surface area contributed by atoms with Gasteiger partial charge in [-0.25, -0.2) is 4.79 Å². The maximum absolute atomic E-state index is 11.8. The Morgan fingerprint density at radius 1 is 1.21 bits per heavy atom. The topological polar surface area (TPSA) is 50.4 Å². The van der Waals surface area contributed by atoms with Crippen molar-refractivity contribution in [3.8, 4) is 0 Å². The highest BCUT2D eigenvalue weighted by Gasteiger charge is 2.35. The minimum Gasteiger partial charge on any atom is -0.445 e. The van der Waals surface area contributed by atoms with Crippen LogP contribution in [0.15, 0.2) is 30.3 Å². The Morgan fingerprint density at radius 2 is 2.00 bits per heavy atom. The van der Waals surface area contributed by atoms with Crippen molar-refractivity contribution >= 4 is 6.09 Å². The molecule has 4 nitrogen and oxygen atoms in total. The summed E-state index contributed by atoms with van der Waals surface area (Å²) < 4.78 is 5.26. The second kappa shape index (κ2) is 5.61. The van der Waals surface area contributed by atoms with Crippen molar-refractivity contribution in [2.24, 2.45) is 0 Å². The van der Waals surface area contributed by atoms with Gasteiger partial charge < -0.3 is 15.4 Å². The summed E-state index contributed by atoms with van der Waals surface area (Å²) in [4.78, 5) is 11.8. The lowest BCUT2D eigenvalue weighted by molar-refractivity contribution is 0.130. The smallest absolute Gasteiger partial charge is 0.407 e. The van der Waals surface area contributed by atoms with Crippen molar-refractivity contribution in [1.82, 2.24) is 10.6 Å². The number of hydrogen-bond donors (Lipinski definition) is 2. The van der Waals surface area contributed by atoms with Crippen molar-refractivity contribution < 1.29 is 9.53 Å². The summed E-state index contributed by atoms with van der Waals surface area (Å²) in [6, 6.07) is 11.1. The second-order valence-corrected chi connectivity index (χ2v) is 5.44. The molecule has 2 bridgehead atoms. The van der Waals surface area contributed by atoms with E-state index >= 15 is 0 Å². The van der Waals surface area contributed by atoms with E-state index in [2.05, 4.69) is 10.6 Å². The van der Waals surface area contributed by atoms with E-state index in [1.165, 1.54) is 6.42 Å². The predicted octanol–water partition coefficient (Wildman–Crippen LogP) is 2.20. The molecule has 0 spiro atoms. The molecule has 2 saturated heterocycles. The van der Waals surface area contributed by atoms with Crippen LogP contribution in [0.3, 0.4) is 0 Å². The summed E-state index contributed by atoms with van der Waals surface area (Å²) >= 11 is 0. The zero-order chi connectivity index (χ0) is 13.1. The summed E-state index contributed by atoms with van der Waals surface area (Å²) in [6.07, 6.45) is 4.31. The SMILES string of the molecule is O=C(N[C@H]1CC[C@H]2CC[C@H]1N2)OCc1ccccc1. The van der Waals surface area contributed by atoms with Gasteiger partial charge >= 0.3 is 6.09 Å². The molecular weight excluding hydrogens is 240 g/mol. The fraction of sp³-hybridized carbons (Fsp3) is 0.533. The normalized spacial score (nSPS) is 28.9. The van der Waals surface area contributed by atoms with Gasteiger partial charge in [-0.05, 0) is 31.2 Å². The summed E-state index contributed by atoms with van der Waals surface area (Å²) in [6.45, 7) is 0.333. The van der Waals surface area contributed by atoms with Crippen LogP contribution in [0.25, 0.3) is 0 Å². The standard InChI is InChI=1S/C15H20N2O2/c18-15(19-10-11-4-2-1-3-5-11)17-14-9-7-12-6-8-13(14)16-12/h1-5,12-14,16H,6-10H2,(H,17,18)/t12-,13-,14+/m1/s1. The molecule has 1 aromatic carbocycles. The number of piperidine rings is 1. The molecule has 2 fully saturated rings. The van der Waals surface area contributed by atoms with Crippen LogP contribution in [0.2, 0.25) is 0 Å². The molecule has 3 atom stereocenters. The third kappa shape index (κ3) is 3.07. The Morgan fingerprint density at radius 3 is 2.84 bits per heavy atom. The monoisotopic (exact) mass is 260 g/mol. The Kier molecular flexibility index (Phi) is 3.69. The van der Waals surface area contributed by atoms with Crippen LogP contribution >= 0.6 is 0 Å². The van der Waals surface area contributed by atoms with Gasteiger partial charge in [0.25, 0.3) is 0 Å². The highest BCUT2D eigenvalue weighted by Crippen LogP contribution is 2.26. The summed E-state index contributed by atoms with van der Waals surface area (Å²) in [5.41, 5.74) is 1.01. The Bertz CT molecular complexity index is 435. The number of alkyl carbamates (subject to hydrolysis) is 1. The Hall–Kier alpha value is -1.55. The summed E-state index contributed by atoms with van der Waals surface area (Å²) in [5.74, 6) is 0. The first-order chi connectivity index (χ1) is 9.31. The van der Waals surface area contributed by atoms with Gasteiger partial charge in [0.1, 0.15) is 6.61 Å². The van der Waals surface area contributed by atoms with Crippen LogP contribution in [0, 0.1) is 0 Å². The van der Waals surface area contributed by atoms with E-state index in [9.17, 15) is 4.79 Å². The van der Waals surface area contributed by atoms with Crippen LogP contribution in [0.5, 0.6) is 0 Å². The van der Waals surface area contributed by atoms with Gasteiger partial charge in [-0.15, -0.1) is 0 Å². The van der Waals surface area contributed by atoms with Crippen LogP contribution in [0.4, 0.5) is 4.79 Å². The first kappa shape index (κ1) is 12.5. The molecule has 102 valence electrons. The van der Waals surface area contributed by atoms with Gasteiger partial charge in [-0.1, -0.05) is 30.3 Å². The number of hydrogen-bond acceptors (Lipinski definition) is 3. The van der Waals surface area contributed by atoms with Crippen molar-refractivity contribution in [2.75, 3.05) is 0 Å². The molecular formula is C15H20N2O2. The zero-order valence-electron chi connectivity index (χ0n) is 11.0. The maximum Gasteiger partial charge on any atom is 0.407 e. The highest BCUT2D eigenvalue weighted by atomic mass is 16.5. The van der Waals surface area contributed by atoms with E-state index in [0.717, 1.165) is 24.8 Å². The fourth-order valence-corrected chi connectivity index (χ4v) is 3.07. The number of rotatable bonds is 3. The van der Waals surface area contributed by atoms with Crippen molar-refractivity contribution in [3.05, 3.63) is 35.9 Å². The van der Waals surface area contributed by atoms with Crippen LogP contribution in [-0.4, -0.2) is 24.2 Å². The van der Waals surface area contributed by atoms with E-state index < -0.39 is 0 Å². The number of fused-ring (bicyclic) bond motifs is 2. The lowest BCUT2D eigenvalue weighted by atomic mass is 10.0. The van der Waals surface area contributed by atoms with E-state index in [1.807, 2.05) is 30.3 Å². The van der Waals surface area contributed by atoms with Gasteiger partial charge in [0, 0.05) is 18.1 Å². The lowest BCUT2D eigenvalue weighted by Gasteiger charge is -2.30. The lowest BCUT2D eigenvalue weighted by Crippen LogP contribution is -2.52. The average Bonchev–Trinajstić information content (AvgIpc) is 2.84. The second-order valence-electron chi connectivity index (χ2n) is 5.44. The quantitative estimate of drug-likeness (QED) is 0.876. The number of benzene rings is 1. The van der Waals surface area contributed by atoms with Crippen molar-refractivity contribution in [3.63, 3.8) is 0 Å². The molecule has 2 heterocycles. The largest absolute Gasteiger partial charge is 0.445 e.